The van der Waals surface area contributed by atoms with Crippen molar-refractivity contribution in [3.8, 4) is 17.2 Å². The van der Waals surface area contributed by atoms with Gasteiger partial charge in [-0.1, -0.05) is 24.3 Å². The van der Waals surface area contributed by atoms with Gasteiger partial charge in [-0.15, -0.1) is 0 Å². The standard InChI is InChI=1S/C19H18N2O8/c22-18(20-9-13-10-26-16-7-3-4-8-17(16)29-13)11-28-19(23)12-27-15-6-2-1-5-14(15)21(24)25/h1-8,13H,9-12H2,(H,20,22). The van der Waals surface area contributed by atoms with Crippen LogP contribution in [-0.2, 0) is 14.3 Å². The highest BCUT2D eigenvalue weighted by Crippen LogP contribution is 2.30. The van der Waals surface area contributed by atoms with Crippen molar-refractivity contribution in [2.24, 2.45) is 0 Å². The van der Waals surface area contributed by atoms with Gasteiger partial charge in [-0.2, -0.15) is 0 Å². The fourth-order valence-electron chi connectivity index (χ4n) is 2.50. The van der Waals surface area contributed by atoms with Gasteiger partial charge in [-0.25, -0.2) is 4.79 Å². The van der Waals surface area contributed by atoms with E-state index in [1.807, 2.05) is 12.1 Å². The zero-order chi connectivity index (χ0) is 20.6. The second-order valence-corrected chi connectivity index (χ2v) is 5.98. The van der Waals surface area contributed by atoms with Gasteiger partial charge >= 0.3 is 11.7 Å². The zero-order valence-corrected chi connectivity index (χ0v) is 15.2. The molecular formula is C19H18N2O8. The van der Waals surface area contributed by atoms with Crippen LogP contribution in [0.4, 0.5) is 5.69 Å². The van der Waals surface area contributed by atoms with Crippen molar-refractivity contribution < 1.29 is 33.5 Å². The van der Waals surface area contributed by atoms with Crippen molar-refractivity contribution in [2.75, 3.05) is 26.4 Å². The van der Waals surface area contributed by atoms with Crippen LogP contribution in [0.3, 0.4) is 0 Å². The van der Waals surface area contributed by atoms with Gasteiger partial charge in [0.25, 0.3) is 5.91 Å². The number of nitro groups is 1. The number of carbonyl (C=O) groups excluding carboxylic acids is 2. The van der Waals surface area contributed by atoms with Gasteiger partial charge in [0.05, 0.1) is 11.5 Å². The fourth-order valence-corrected chi connectivity index (χ4v) is 2.50. The van der Waals surface area contributed by atoms with E-state index in [1.165, 1.54) is 24.3 Å². The van der Waals surface area contributed by atoms with Crippen LogP contribution >= 0.6 is 0 Å². The molecule has 0 bridgehead atoms. The topological polar surface area (TPSA) is 126 Å². The van der Waals surface area contributed by atoms with Gasteiger partial charge in [0, 0.05) is 6.07 Å². The van der Waals surface area contributed by atoms with Gasteiger partial charge < -0.3 is 24.3 Å². The summed E-state index contributed by atoms with van der Waals surface area (Å²) in [4.78, 5) is 33.8. The molecular weight excluding hydrogens is 384 g/mol. The minimum absolute atomic E-state index is 0.0615. The number of amides is 1. The van der Waals surface area contributed by atoms with Crippen LogP contribution in [0.5, 0.6) is 17.2 Å². The lowest BCUT2D eigenvalue weighted by Crippen LogP contribution is -2.42. The Morgan fingerprint density at radius 2 is 1.83 bits per heavy atom. The van der Waals surface area contributed by atoms with E-state index in [0.717, 1.165) is 0 Å². The van der Waals surface area contributed by atoms with Crippen molar-refractivity contribution in [3.63, 3.8) is 0 Å². The number of nitrogens with zero attached hydrogens (tertiary/aromatic N) is 1. The first-order valence-electron chi connectivity index (χ1n) is 8.70. The Morgan fingerprint density at radius 1 is 1.10 bits per heavy atom. The molecule has 1 N–H and O–H groups in total. The predicted octanol–water partition coefficient (Wildman–Crippen LogP) is 1.47. The van der Waals surface area contributed by atoms with Crippen LogP contribution in [-0.4, -0.2) is 49.3 Å². The number of carbonyl (C=O) groups is 2. The summed E-state index contributed by atoms with van der Waals surface area (Å²) in [5.41, 5.74) is -0.269. The third-order valence-electron chi connectivity index (χ3n) is 3.87. The van der Waals surface area contributed by atoms with Crippen LogP contribution < -0.4 is 19.5 Å². The molecule has 0 aromatic heterocycles. The molecule has 0 saturated carbocycles. The lowest BCUT2D eigenvalue weighted by molar-refractivity contribution is -0.385. The molecule has 0 saturated heterocycles. The first-order valence-corrected chi connectivity index (χ1v) is 8.70. The second-order valence-electron chi connectivity index (χ2n) is 5.98. The van der Waals surface area contributed by atoms with Crippen molar-refractivity contribution >= 4 is 17.6 Å². The Bertz CT molecular complexity index is 901. The van der Waals surface area contributed by atoms with E-state index in [9.17, 15) is 19.7 Å². The van der Waals surface area contributed by atoms with Crippen molar-refractivity contribution in [2.45, 2.75) is 6.10 Å². The lowest BCUT2D eigenvalue weighted by atomic mass is 10.2. The van der Waals surface area contributed by atoms with E-state index in [4.69, 9.17) is 18.9 Å². The molecule has 29 heavy (non-hydrogen) atoms. The molecule has 1 aliphatic rings. The highest BCUT2D eigenvalue weighted by atomic mass is 16.6. The van der Waals surface area contributed by atoms with E-state index in [2.05, 4.69) is 5.32 Å². The van der Waals surface area contributed by atoms with Gasteiger partial charge in [-0.05, 0) is 18.2 Å². The van der Waals surface area contributed by atoms with Crippen molar-refractivity contribution in [3.05, 3.63) is 58.6 Å². The van der Waals surface area contributed by atoms with Crippen molar-refractivity contribution in [1.82, 2.24) is 5.32 Å². The summed E-state index contributed by atoms with van der Waals surface area (Å²) in [6, 6.07) is 12.8. The molecule has 0 fully saturated rings. The largest absolute Gasteiger partial charge is 0.486 e. The van der Waals surface area contributed by atoms with Crippen LogP contribution in [0.2, 0.25) is 0 Å². The molecule has 1 heterocycles. The maximum atomic E-state index is 11.8. The number of nitro benzene ring substituents is 1. The Balaban J connectivity index is 1.36. The molecule has 1 amide bonds. The van der Waals surface area contributed by atoms with Crippen LogP contribution in [0, 0.1) is 10.1 Å². The maximum Gasteiger partial charge on any atom is 0.344 e. The normalized spacial score (nSPS) is 14.6. The summed E-state index contributed by atoms with van der Waals surface area (Å²) >= 11 is 0. The number of nitrogens with one attached hydrogen (secondary N) is 1. The Labute approximate surface area is 165 Å². The van der Waals surface area contributed by atoms with E-state index in [1.54, 1.807) is 12.1 Å². The zero-order valence-electron chi connectivity index (χ0n) is 15.2. The molecule has 0 radical (unpaired) electrons. The summed E-state index contributed by atoms with van der Waals surface area (Å²) in [7, 11) is 0. The van der Waals surface area contributed by atoms with Gasteiger partial charge in [0.15, 0.2) is 30.5 Å². The fraction of sp³-hybridized carbons (Fsp3) is 0.263. The molecule has 10 nitrogen and oxygen atoms in total. The highest BCUT2D eigenvalue weighted by Gasteiger charge is 2.21. The van der Waals surface area contributed by atoms with Crippen LogP contribution in [0.15, 0.2) is 48.5 Å². The molecule has 1 atom stereocenters. The number of rotatable bonds is 8. The maximum absolute atomic E-state index is 11.8. The Hall–Kier alpha value is -3.82. The summed E-state index contributed by atoms with van der Waals surface area (Å²) in [5.74, 6) is -0.177. The van der Waals surface area contributed by atoms with Crippen molar-refractivity contribution in [1.29, 1.82) is 0 Å². The quantitative estimate of drug-likeness (QED) is 0.400. The number of benzene rings is 2. The smallest absolute Gasteiger partial charge is 0.344 e. The Morgan fingerprint density at radius 3 is 2.62 bits per heavy atom. The molecule has 1 unspecified atom stereocenters. The van der Waals surface area contributed by atoms with Gasteiger partial charge in [-0.3, -0.25) is 14.9 Å². The Kier molecular flexibility index (Phi) is 6.46. The summed E-state index contributed by atoms with van der Waals surface area (Å²) < 4.78 is 21.1. The van der Waals surface area contributed by atoms with Gasteiger partial charge in [0.1, 0.15) is 12.7 Å². The highest BCUT2D eigenvalue weighted by molar-refractivity contribution is 5.81. The summed E-state index contributed by atoms with van der Waals surface area (Å²) in [5, 5.41) is 13.5. The molecule has 0 aliphatic carbocycles. The van der Waals surface area contributed by atoms with E-state index in [0.29, 0.717) is 11.5 Å². The van der Waals surface area contributed by atoms with E-state index < -0.39 is 30.0 Å². The number of esters is 1. The first kappa shape index (κ1) is 19.9. The molecule has 3 rings (SSSR count). The molecule has 2 aromatic rings. The first-order chi connectivity index (χ1) is 14.0. The monoisotopic (exact) mass is 402 g/mol. The third-order valence-corrected chi connectivity index (χ3v) is 3.87. The van der Waals surface area contributed by atoms with Crippen LogP contribution in [0.1, 0.15) is 0 Å². The second kappa shape index (κ2) is 9.40. The lowest BCUT2D eigenvalue weighted by Gasteiger charge is -2.26. The molecule has 0 spiro atoms. The average molecular weight is 402 g/mol. The number of fused-ring (bicyclic) bond motifs is 1. The minimum Gasteiger partial charge on any atom is -0.486 e. The van der Waals surface area contributed by atoms with Crippen LogP contribution in [0.25, 0.3) is 0 Å². The summed E-state index contributed by atoms with van der Waals surface area (Å²) in [6.07, 6.45) is -0.369. The molecule has 152 valence electrons. The minimum atomic E-state index is -0.829. The molecule has 10 heteroatoms. The van der Waals surface area contributed by atoms with Gasteiger partial charge in [0.2, 0.25) is 0 Å². The number of hydrogen-bond acceptors (Lipinski definition) is 8. The molecule has 2 aromatic carbocycles. The third kappa shape index (κ3) is 5.58. The van der Waals surface area contributed by atoms with E-state index >= 15 is 0 Å². The average Bonchev–Trinajstić information content (AvgIpc) is 2.74. The van der Waals surface area contributed by atoms with E-state index in [-0.39, 0.29) is 30.7 Å². The summed E-state index contributed by atoms with van der Waals surface area (Å²) in [6.45, 7) is -0.615. The number of para-hydroxylation sites is 4. The SMILES string of the molecule is O=C(COC(=O)COc1ccccc1[N+](=O)[O-])NCC1COc2ccccc2O1. The predicted molar refractivity (Wildman–Crippen MR) is 98.9 cm³/mol. The molecule has 1 aliphatic heterocycles. The number of ether oxygens (including phenoxy) is 4. The number of hydrogen-bond donors (Lipinski definition) is 1.